The molecule has 7 nitrogen and oxygen atoms in total. The lowest BCUT2D eigenvalue weighted by molar-refractivity contribution is -0.116. The molecule has 1 unspecified atom stereocenters. The first kappa shape index (κ1) is 23.5. The number of rotatable bonds is 7. The Hall–Kier alpha value is -3.65. The molecule has 0 saturated carbocycles. The second kappa shape index (κ2) is 10.1. The third-order valence-corrected chi connectivity index (χ3v) is 6.38. The van der Waals surface area contributed by atoms with Crippen LogP contribution in [0.15, 0.2) is 71.2 Å². The van der Waals surface area contributed by atoms with Crippen LogP contribution in [0, 0.1) is 0 Å². The molecule has 0 spiro atoms. The average molecular weight is 523 g/mol. The van der Waals surface area contributed by atoms with Gasteiger partial charge in [-0.1, -0.05) is 48.5 Å². The molecule has 0 aromatic heterocycles. The number of fused-ring (bicyclic) bond motifs is 3. The summed E-state index contributed by atoms with van der Waals surface area (Å²) in [7, 11) is 0. The van der Waals surface area contributed by atoms with E-state index in [1.807, 2.05) is 36.4 Å². The average Bonchev–Trinajstić information content (AvgIpc) is 3.12. The number of ether oxygens (including phenoxy) is 1. The van der Waals surface area contributed by atoms with Crippen molar-refractivity contribution in [2.75, 3.05) is 11.9 Å². The summed E-state index contributed by atoms with van der Waals surface area (Å²) in [6.07, 6.45) is -0.607. The van der Waals surface area contributed by atoms with Crippen molar-refractivity contribution in [1.82, 2.24) is 5.32 Å². The van der Waals surface area contributed by atoms with Crippen LogP contribution in [-0.2, 0) is 9.53 Å². The van der Waals surface area contributed by atoms with Gasteiger partial charge in [0.05, 0.1) is 11.3 Å². The highest BCUT2D eigenvalue weighted by molar-refractivity contribution is 9.10. The third kappa shape index (κ3) is 5.12. The maximum absolute atomic E-state index is 12.4. The number of halogens is 1. The fraction of sp³-hybridized carbons (Fsp3) is 0.192. The normalized spacial score (nSPS) is 12.9. The largest absolute Gasteiger partial charge is 0.478 e. The van der Waals surface area contributed by atoms with Gasteiger partial charge in [0.25, 0.3) is 0 Å². The Bertz CT molecular complexity index is 1210. The number of anilines is 1. The molecule has 0 saturated heterocycles. The molecule has 0 bridgehead atoms. The molecular weight excluding hydrogens is 500 g/mol. The van der Waals surface area contributed by atoms with Gasteiger partial charge in [0.2, 0.25) is 5.91 Å². The molecule has 2 amide bonds. The van der Waals surface area contributed by atoms with Crippen LogP contribution in [0.5, 0.6) is 0 Å². The maximum atomic E-state index is 12.4. The summed E-state index contributed by atoms with van der Waals surface area (Å²) < 4.78 is 6.08. The monoisotopic (exact) mass is 522 g/mol. The van der Waals surface area contributed by atoms with Crippen molar-refractivity contribution in [1.29, 1.82) is 0 Å². The summed E-state index contributed by atoms with van der Waals surface area (Å²) in [5.41, 5.74) is 4.95. The highest BCUT2D eigenvalue weighted by Crippen LogP contribution is 2.44. The Morgan fingerprint density at radius 1 is 1.00 bits per heavy atom. The number of carboxylic acid groups (broad SMARTS) is 1. The number of carbonyl (C=O) groups is 3. The molecule has 1 atom stereocenters. The molecular formula is C26H23BrN2O5. The van der Waals surface area contributed by atoms with E-state index in [9.17, 15) is 14.4 Å². The van der Waals surface area contributed by atoms with Crippen molar-refractivity contribution >= 4 is 39.6 Å². The van der Waals surface area contributed by atoms with E-state index in [0.717, 1.165) is 22.3 Å². The van der Waals surface area contributed by atoms with Crippen LogP contribution in [0.25, 0.3) is 11.1 Å². The van der Waals surface area contributed by atoms with Gasteiger partial charge in [0.15, 0.2) is 0 Å². The van der Waals surface area contributed by atoms with Crippen molar-refractivity contribution < 1.29 is 24.2 Å². The number of nitrogens with one attached hydrogen (secondary N) is 2. The van der Waals surface area contributed by atoms with Crippen LogP contribution in [0.4, 0.5) is 10.5 Å². The molecule has 0 aliphatic heterocycles. The molecule has 3 aromatic carbocycles. The number of carbonyl (C=O) groups excluding carboxylic acids is 2. The van der Waals surface area contributed by atoms with Gasteiger partial charge in [-0.25, -0.2) is 9.59 Å². The van der Waals surface area contributed by atoms with Crippen LogP contribution in [0.3, 0.4) is 0 Å². The first-order valence-electron chi connectivity index (χ1n) is 10.8. The fourth-order valence-electron chi connectivity index (χ4n) is 4.13. The first-order chi connectivity index (χ1) is 16.3. The van der Waals surface area contributed by atoms with Crippen LogP contribution in [0.1, 0.15) is 40.7 Å². The molecule has 0 heterocycles. The number of amides is 2. The molecule has 174 valence electrons. The van der Waals surface area contributed by atoms with Crippen LogP contribution in [-0.4, -0.2) is 35.7 Å². The zero-order valence-corrected chi connectivity index (χ0v) is 20.0. The van der Waals surface area contributed by atoms with Crippen molar-refractivity contribution in [3.05, 3.63) is 87.9 Å². The van der Waals surface area contributed by atoms with E-state index in [4.69, 9.17) is 9.84 Å². The molecule has 8 heteroatoms. The zero-order chi connectivity index (χ0) is 24.2. The Labute approximate surface area is 205 Å². The molecule has 3 aromatic rings. The molecule has 3 N–H and O–H groups in total. The van der Waals surface area contributed by atoms with Crippen molar-refractivity contribution in [3.63, 3.8) is 0 Å². The number of hydrogen-bond donors (Lipinski definition) is 3. The van der Waals surface area contributed by atoms with E-state index in [1.165, 1.54) is 12.1 Å². The van der Waals surface area contributed by atoms with Gasteiger partial charge in [-0.05, 0) is 63.3 Å². The standard InChI is InChI=1S/C26H23BrN2O5/c1-15(12-24(30)29-23-13-16(25(31)32)10-11-22(23)27)28-26(33)34-14-21-19-8-4-2-6-17(19)18-7-3-5-9-20(18)21/h2-11,13,15,21H,12,14H2,1H3,(H,28,33)(H,29,30)(H,31,32). The van der Waals surface area contributed by atoms with Gasteiger partial charge in [0, 0.05) is 22.9 Å². The lowest BCUT2D eigenvalue weighted by atomic mass is 9.98. The lowest BCUT2D eigenvalue weighted by Gasteiger charge is -2.17. The van der Waals surface area contributed by atoms with E-state index in [1.54, 1.807) is 13.0 Å². The summed E-state index contributed by atoms with van der Waals surface area (Å²) in [6.45, 7) is 1.89. The number of carboxylic acids is 1. The molecule has 1 aliphatic rings. The Balaban J connectivity index is 1.31. The molecule has 0 radical (unpaired) electrons. The van der Waals surface area contributed by atoms with Crippen molar-refractivity contribution in [3.8, 4) is 11.1 Å². The second-order valence-electron chi connectivity index (χ2n) is 8.12. The summed E-state index contributed by atoms with van der Waals surface area (Å²) in [4.78, 5) is 36.0. The lowest BCUT2D eigenvalue weighted by Crippen LogP contribution is -2.36. The Morgan fingerprint density at radius 3 is 2.24 bits per heavy atom. The maximum Gasteiger partial charge on any atom is 0.407 e. The van der Waals surface area contributed by atoms with E-state index in [-0.39, 0.29) is 30.4 Å². The van der Waals surface area contributed by atoms with Gasteiger partial charge in [-0.2, -0.15) is 0 Å². The summed E-state index contributed by atoms with van der Waals surface area (Å²) >= 11 is 3.29. The molecule has 0 fully saturated rings. The minimum Gasteiger partial charge on any atom is -0.478 e. The van der Waals surface area contributed by atoms with Crippen LogP contribution >= 0.6 is 15.9 Å². The zero-order valence-electron chi connectivity index (χ0n) is 18.4. The highest BCUT2D eigenvalue weighted by Gasteiger charge is 2.29. The third-order valence-electron chi connectivity index (χ3n) is 5.69. The van der Waals surface area contributed by atoms with Gasteiger partial charge >= 0.3 is 12.1 Å². The minimum atomic E-state index is -1.09. The van der Waals surface area contributed by atoms with Crippen LogP contribution in [0.2, 0.25) is 0 Å². The Morgan fingerprint density at radius 2 is 1.62 bits per heavy atom. The van der Waals surface area contributed by atoms with Crippen molar-refractivity contribution in [2.45, 2.75) is 25.3 Å². The van der Waals surface area contributed by atoms with Gasteiger partial charge in [-0.3, -0.25) is 4.79 Å². The first-order valence-corrected chi connectivity index (χ1v) is 11.6. The predicted octanol–water partition coefficient (Wildman–Crippen LogP) is 5.40. The summed E-state index contributed by atoms with van der Waals surface area (Å²) in [5, 5.41) is 14.5. The van der Waals surface area contributed by atoms with E-state index >= 15 is 0 Å². The predicted molar refractivity (Wildman–Crippen MR) is 132 cm³/mol. The van der Waals surface area contributed by atoms with E-state index in [0.29, 0.717) is 10.2 Å². The quantitative estimate of drug-likeness (QED) is 0.385. The van der Waals surface area contributed by atoms with Crippen molar-refractivity contribution in [2.24, 2.45) is 0 Å². The summed E-state index contributed by atoms with van der Waals surface area (Å²) in [5.74, 6) is -1.50. The number of hydrogen-bond acceptors (Lipinski definition) is 4. The second-order valence-corrected chi connectivity index (χ2v) is 8.98. The number of benzene rings is 3. The van der Waals surface area contributed by atoms with Gasteiger partial charge < -0.3 is 20.5 Å². The molecule has 4 rings (SSSR count). The van der Waals surface area contributed by atoms with Gasteiger partial charge in [0.1, 0.15) is 6.61 Å². The van der Waals surface area contributed by atoms with E-state index < -0.39 is 18.1 Å². The molecule has 34 heavy (non-hydrogen) atoms. The Kier molecular flexibility index (Phi) is 6.98. The topological polar surface area (TPSA) is 105 Å². The van der Waals surface area contributed by atoms with Crippen LogP contribution < -0.4 is 10.6 Å². The van der Waals surface area contributed by atoms with Gasteiger partial charge in [-0.15, -0.1) is 0 Å². The number of aromatic carboxylic acids is 1. The smallest absolute Gasteiger partial charge is 0.407 e. The minimum absolute atomic E-state index is 0.00602. The fourth-order valence-corrected chi connectivity index (χ4v) is 4.47. The molecule has 1 aliphatic carbocycles. The number of alkyl carbamates (subject to hydrolysis) is 1. The summed E-state index contributed by atoms with van der Waals surface area (Å²) in [6, 6.07) is 20.0. The highest BCUT2D eigenvalue weighted by atomic mass is 79.9. The SMILES string of the molecule is CC(CC(=O)Nc1cc(C(=O)O)ccc1Br)NC(=O)OCC1c2ccccc2-c2ccccc21. The van der Waals surface area contributed by atoms with E-state index in [2.05, 4.69) is 38.7 Å².